The third-order valence-electron chi connectivity index (χ3n) is 3.80. The van der Waals surface area contributed by atoms with Gasteiger partial charge in [-0.1, -0.05) is 12.1 Å². The number of nitro groups is 2. The Morgan fingerprint density at radius 1 is 1.15 bits per heavy atom. The molecule has 0 aliphatic carbocycles. The summed E-state index contributed by atoms with van der Waals surface area (Å²) in [6.45, 7) is 1.65. The zero-order valence-corrected chi connectivity index (χ0v) is 13.5. The molecule has 0 saturated carbocycles. The molecule has 2 aromatic carbocycles. The van der Waals surface area contributed by atoms with E-state index in [2.05, 4.69) is 15.3 Å². The summed E-state index contributed by atoms with van der Waals surface area (Å²) in [6.07, 6.45) is 0. The van der Waals surface area contributed by atoms with Gasteiger partial charge in [0.2, 0.25) is 0 Å². The zero-order chi connectivity index (χ0) is 18.8. The summed E-state index contributed by atoms with van der Waals surface area (Å²) in [4.78, 5) is 40.3. The van der Waals surface area contributed by atoms with Crippen LogP contribution in [0.2, 0.25) is 0 Å². The number of aromatic nitrogens is 2. The molecule has 0 aliphatic heterocycles. The van der Waals surface area contributed by atoms with Gasteiger partial charge in [0.05, 0.1) is 26.9 Å². The molecule has 0 spiro atoms. The molecule has 132 valence electrons. The topological polar surface area (TPSA) is 144 Å². The Bertz CT molecular complexity index is 1030. The van der Waals surface area contributed by atoms with Crippen molar-refractivity contribution in [3.05, 3.63) is 74.1 Å². The lowest BCUT2D eigenvalue weighted by atomic mass is 10.1. The summed E-state index contributed by atoms with van der Waals surface area (Å²) in [5.74, 6) is -0.233. The Morgan fingerprint density at radius 3 is 2.58 bits per heavy atom. The van der Waals surface area contributed by atoms with Crippen molar-refractivity contribution in [2.45, 2.75) is 13.0 Å². The number of hydrogen-bond acceptors (Lipinski definition) is 6. The summed E-state index contributed by atoms with van der Waals surface area (Å²) in [5.41, 5.74) is 0.538. The lowest BCUT2D eigenvalue weighted by Gasteiger charge is -2.11. The summed E-state index contributed by atoms with van der Waals surface area (Å²) in [6, 6.07) is 9.23. The molecule has 2 N–H and O–H groups in total. The summed E-state index contributed by atoms with van der Waals surface area (Å²) in [5, 5.41) is 24.5. The first-order valence-electron chi connectivity index (χ1n) is 7.55. The van der Waals surface area contributed by atoms with Gasteiger partial charge < -0.3 is 10.3 Å². The number of benzene rings is 2. The number of H-pyrrole nitrogens is 1. The van der Waals surface area contributed by atoms with Crippen molar-refractivity contribution in [1.29, 1.82) is 0 Å². The Kier molecular flexibility index (Phi) is 4.31. The van der Waals surface area contributed by atoms with Crippen molar-refractivity contribution < 1.29 is 14.6 Å². The van der Waals surface area contributed by atoms with Gasteiger partial charge in [-0.05, 0) is 19.1 Å². The number of nitrogens with zero attached hydrogens (tertiary/aromatic N) is 3. The van der Waals surface area contributed by atoms with Gasteiger partial charge in [0.25, 0.3) is 17.3 Å². The minimum absolute atomic E-state index is 0.0592. The van der Waals surface area contributed by atoms with Gasteiger partial charge in [-0.15, -0.1) is 0 Å². The first kappa shape index (κ1) is 17.0. The molecule has 0 fully saturated rings. The molecule has 1 aromatic heterocycles. The number of carbonyl (C=O) groups is 1. The highest BCUT2D eigenvalue weighted by Crippen LogP contribution is 2.22. The van der Waals surface area contributed by atoms with Crippen LogP contribution >= 0.6 is 0 Å². The van der Waals surface area contributed by atoms with Gasteiger partial charge >= 0.3 is 0 Å². The highest BCUT2D eigenvalue weighted by Gasteiger charge is 2.22. The van der Waals surface area contributed by atoms with E-state index >= 15 is 0 Å². The summed E-state index contributed by atoms with van der Waals surface area (Å²) < 4.78 is 0. The van der Waals surface area contributed by atoms with Gasteiger partial charge in [0, 0.05) is 18.2 Å². The number of para-hydroxylation sites is 1. The van der Waals surface area contributed by atoms with E-state index in [1.807, 2.05) is 0 Å². The third kappa shape index (κ3) is 3.20. The molecule has 0 saturated heterocycles. The molecular formula is C16H13N5O5. The van der Waals surface area contributed by atoms with Crippen LogP contribution in [0.1, 0.15) is 29.1 Å². The molecule has 0 bridgehead atoms. The standard InChI is InChI=1S/C16H13N5O5/c1-9(17-16(22)11-4-2-3-5-14(11)21(25)26)15-18-12-7-6-10(20(23)24)8-13(12)19-15/h2-9H,1H3,(H,17,22)(H,18,19). The molecule has 10 nitrogen and oxygen atoms in total. The highest BCUT2D eigenvalue weighted by atomic mass is 16.6. The Labute approximate surface area is 146 Å². The maximum Gasteiger partial charge on any atom is 0.282 e. The maximum atomic E-state index is 12.4. The molecule has 1 atom stereocenters. The Balaban J connectivity index is 1.85. The fraction of sp³-hybridized carbons (Fsp3) is 0.125. The number of carbonyl (C=O) groups excluding carboxylic acids is 1. The van der Waals surface area contributed by atoms with Crippen LogP contribution in [0, 0.1) is 20.2 Å². The number of imidazole rings is 1. The molecule has 1 heterocycles. The third-order valence-corrected chi connectivity index (χ3v) is 3.80. The lowest BCUT2D eigenvalue weighted by molar-refractivity contribution is -0.385. The van der Waals surface area contributed by atoms with Crippen LogP contribution < -0.4 is 5.32 Å². The molecule has 0 radical (unpaired) electrons. The molecule has 3 rings (SSSR count). The van der Waals surface area contributed by atoms with Gasteiger partial charge in [-0.25, -0.2) is 4.98 Å². The van der Waals surface area contributed by atoms with Crippen LogP contribution in [0.5, 0.6) is 0 Å². The van der Waals surface area contributed by atoms with E-state index in [9.17, 15) is 25.0 Å². The molecule has 0 aliphatic rings. The van der Waals surface area contributed by atoms with Crippen LogP contribution in [-0.2, 0) is 0 Å². The SMILES string of the molecule is CC(NC(=O)c1ccccc1[N+](=O)[O-])c1nc2ccc([N+](=O)[O-])cc2[nH]1. The highest BCUT2D eigenvalue weighted by molar-refractivity contribution is 5.98. The van der Waals surface area contributed by atoms with E-state index in [1.54, 1.807) is 6.92 Å². The summed E-state index contributed by atoms with van der Waals surface area (Å²) >= 11 is 0. The van der Waals surface area contributed by atoms with Crippen LogP contribution in [0.4, 0.5) is 11.4 Å². The number of hydrogen-bond donors (Lipinski definition) is 2. The van der Waals surface area contributed by atoms with Crippen LogP contribution in [0.15, 0.2) is 42.5 Å². The fourth-order valence-corrected chi connectivity index (χ4v) is 2.50. The number of non-ortho nitro benzene ring substituents is 1. The van der Waals surface area contributed by atoms with Crippen molar-refractivity contribution in [1.82, 2.24) is 15.3 Å². The van der Waals surface area contributed by atoms with E-state index in [0.717, 1.165) is 0 Å². The first-order chi connectivity index (χ1) is 12.4. The number of amides is 1. The molecular weight excluding hydrogens is 342 g/mol. The van der Waals surface area contributed by atoms with Crippen molar-refractivity contribution in [2.24, 2.45) is 0 Å². The summed E-state index contributed by atoms with van der Waals surface area (Å²) in [7, 11) is 0. The lowest BCUT2D eigenvalue weighted by Crippen LogP contribution is -2.27. The Hall–Kier alpha value is -3.82. The quantitative estimate of drug-likeness (QED) is 0.532. The van der Waals surface area contributed by atoms with E-state index in [0.29, 0.717) is 16.9 Å². The number of nitro benzene ring substituents is 2. The van der Waals surface area contributed by atoms with Crippen molar-refractivity contribution in [3.63, 3.8) is 0 Å². The smallest absolute Gasteiger partial charge is 0.282 e. The second kappa shape index (κ2) is 6.59. The van der Waals surface area contributed by atoms with Crippen LogP contribution in [0.3, 0.4) is 0 Å². The van der Waals surface area contributed by atoms with E-state index in [1.165, 1.54) is 42.5 Å². The normalized spacial score (nSPS) is 11.9. The Morgan fingerprint density at radius 2 is 1.88 bits per heavy atom. The molecule has 26 heavy (non-hydrogen) atoms. The molecule has 10 heteroatoms. The van der Waals surface area contributed by atoms with Gasteiger partial charge in [0.1, 0.15) is 11.4 Å². The second-order valence-corrected chi connectivity index (χ2v) is 5.55. The van der Waals surface area contributed by atoms with Gasteiger partial charge in [0.15, 0.2) is 0 Å². The van der Waals surface area contributed by atoms with Gasteiger partial charge in [-0.3, -0.25) is 25.0 Å². The average Bonchev–Trinajstić information content (AvgIpc) is 3.04. The first-order valence-corrected chi connectivity index (χ1v) is 7.55. The van der Waals surface area contributed by atoms with E-state index in [-0.39, 0.29) is 16.9 Å². The minimum atomic E-state index is -0.625. The number of nitrogens with one attached hydrogen (secondary N) is 2. The number of rotatable bonds is 5. The van der Waals surface area contributed by atoms with E-state index < -0.39 is 21.8 Å². The van der Waals surface area contributed by atoms with E-state index in [4.69, 9.17) is 0 Å². The molecule has 1 amide bonds. The monoisotopic (exact) mass is 355 g/mol. The minimum Gasteiger partial charge on any atom is -0.342 e. The fourth-order valence-electron chi connectivity index (χ4n) is 2.50. The predicted octanol–water partition coefficient (Wildman–Crippen LogP) is 2.87. The van der Waals surface area contributed by atoms with Gasteiger partial charge in [-0.2, -0.15) is 0 Å². The second-order valence-electron chi connectivity index (χ2n) is 5.55. The average molecular weight is 355 g/mol. The largest absolute Gasteiger partial charge is 0.342 e. The maximum absolute atomic E-state index is 12.4. The zero-order valence-electron chi connectivity index (χ0n) is 13.5. The predicted molar refractivity (Wildman–Crippen MR) is 91.7 cm³/mol. The van der Waals surface area contributed by atoms with Crippen molar-refractivity contribution in [3.8, 4) is 0 Å². The molecule has 3 aromatic rings. The van der Waals surface area contributed by atoms with Crippen LogP contribution in [-0.4, -0.2) is 25.7 Å². The van der Waals surface area contributed by atoms with Crippen LogP contribution in [0.25, 0.3) is 11.0 Å². The van der Waals surface area contributed by atoms with Crippen molar-refractivity contribution in [2.75, 3.05) is 0 Å². The van der Waals surface area contributed by atoms with Crippen molar-refractivity contribution >= 4 is 28.3 Å². The molecule has 1 unspecified atom stereocenters. The number of aromatic amines is 1. The number of fused-ring (bicyclic) bond motifs is 1.